The Morgan fingerprint density at radius 1 is 0.903 bits per heavy atom. The van der Waals surface area contributed by atoms with Crippen molar-refractivity contribution in [2.24, 2.45) is 0 Å². The summed E-state index contributed by atoms with van der Waals surface area (Å²) in [5.41, 5.74) is 5.30. The highest BCUT2D eigenvalue weighted by molar-refractivity contribution is 7.89. The molecule has 2 aromatic rings. The van der Waals surface area contributed by atoms with Gasteiger partial charge in [0.05, 0.1) is 11.5 Å². The smallest absolute Gasteiger partial charge is 0.269 e. The maximum Gasteiger partial charge on any atom is 0.269 e. The van der Waals surface area contributed by atoms with Crippen molar-refractivity contribution in [2.75, 3.05) is 19.7 Å². The Kier molecular flexibility index (Phi) is 7.64. The van der Waals surface area contributed by atoms with Gasteiger partial charge >= 0.3 is 0 Å². The van der Waals surface area contributed by atoms with Crippen molar-refractivity contribution in [3.8, 4) is 5.75 Å². The van der Waals surface area contributed by atoms with Gasteiger partial charge in [0.2, 0.25) is 10.0 Å². The highest BCUT2D eigenvalue weighted by Gasteiger charge is 2.27. The van der Waals surface area contributed by atoms with Crippen LogP contribution in [0.3, 0.4) is 0 Å². The number of carbonyl (C=O) groups is 2. The molecule has 1 aliphatic rings. The number of amides is 2. The van der Waals surface area contributed by atoms with Crippen molar-refractivity contribution in [3.05, 3.63) is 59.7 Å². The number of nitrogens with zero attached hydrogens (tertiary/aromatic N) is 1. The number of unbranched alkanes of at least 4 members (excludes halogenated alkanes) is 1. The molecule has 2 N–H and O–H groups in total. The fraction of sp³-hybridized carbons (Fsp3) is 0.364. The number of hydrogen-bond acceptors (Lipinski definition) is 5. The van der Waals surface area contributed by atoms with Gasteiger partial charge in [-0.2, -0.15) is 4.31 Å². The predicted molar refractivity (Wildman–Crippen MR) is 116 cm³/mol. The van der Waals surface area contributed by atoms with Crippen molar-refractivity contribution >= 4 is 21.8 Å². The van der Waals surface area contributed by atoms with Crippen molar-refractivity contribution in [1.29, 1.82) is 0 Å². The molecular formula is C22H27N3O5S. The minimum atomic E-state index is -3.53. The van der Waals surface area contributed by atoms with E-state index < -0.39 is 21.8 Å². The molecule has 0 aromatic heterocycles. The maximum atomic E-state index is 12.5. The Labute approximate surface area is 182 Å². The van der Waals surface area contributed by atoms with E-state index in [0.29, 0.717) is 31.0 Å². The zero-order valence-electron chi connectivity index (χ0n) is 17.5. The first-order valence-electron chi connectivity index (χ1n) is 10.4. The highest BCUT2D eigenvalue weighted by Crippen LogP contribution is 2.21. The second-order valence-electron chi connectivity index (χ2n) is 7.27. The number of nitrogens with one attached hydrogen (secondary N) is 2. The number of ether oxygens (including phenoxy) is 1. The van der Waals surface area contributed by atoms with Crippen LogP contribution in [0.2, 0.25) is 0 Å². The fourth-order valence-corrected chi connectivity index (χ4v) is 4.67. The number of hydrazine groups is 1. The van der Waals surface area contributed by atoms with Gasteiger partial charge in [-0.3, -0.25) is 20.4 Å². The summed E-state index contributed by atoms with van der Waals surface area (Å²) in [6, 6.07) is 12.3. The topological polar surface area (TPSA) is 105 Å². The normalized spacial score (nSPS) is 14.2. The summed E-state index contributed by atoms with van der Waals surface area (Å²) in [7, 11) is -3.53. The third-order valence-electron chi connectivity index (χ3n) is 4.99. The van der Waals surface area contributed by atoms with Crippen LogP contribution in [0.1, 0.15) is 53.3 Å². The summed E-state index contributed by atoms with van der Waals surface area (Å²) in [5.74, 6) is -0.335. The largest absolute Gasteiger partial charge is 0.494 e. The van der Waals surface area contributed by atoms with E-state index in [9.17, 15) is 18.0 Å². The van der Waals surface area contributed by atoms with E-state index >= 15 is 0 Å². The van der Waals surface area contributed by atoms with Crippen LogP contribution < -0.4 is 15.6 Å². The van der Waals surface area contributed by atoms with Gasteiger partial charge in [0.25, 0.3) is 11.8 Å². The van der Waals surface area contributed by atoms with Gasteiger partial charge in [-0.15, -0.1) is 0 Å². The molecule has 0 radical (unpaired) electrons. The van der Waals surface area contributed by atoms with E-state index in [0.717, 1.165) is 25.7 Å². The van der Waals surface area contributed by atoms with Gasteiger partial charge in [0.1, 0.15) is 5.75 Å². The molecule has 2 amide bonds. The summed E-state index contributed by atoms with van der Waals surface area (Å²) in [4.78, 5) is 24.7. The van der Waals surface area contributed by atoms with Gasteiger partial charge in [-0.05, 0) is 67.8 Å². The fourth-order valence-electron chi connectivity index (χ4n) is 3.15. The molecule has 0 atom stereocenters. The Hall–Kier alpha value is -2.91. The van der Waals surface area contributed by atoms with E-state index in [4.69, 9.17) is 4.74 Å². The van der Waals surface area contributed by atoms with Crippen LogP contribution in [0.5, 0.6) is 5.75 Å². The van der Waals surface area contributed by atoms with Crippen LogP contribution in [0.15, 0.2) is 53.4 Å². The lowest BCUT2D eigenvalue weighted by atomic mass is 10.2. The molecule has 9 heteroatoms. The molecule has 31 heavy (non-hydrogen) atoms. The number of rotatable bonds is 8. The molecule has 0 aliphatic carbocycles. The summed E-state index contributed by atoms with van der Waals surface area (Å²) in [6.45, 7) is 3.73. The molecule has 3 rings (SSSR count). The first-order chi connectivity index (χ1) is 14.9. The van der Waals surface area contributed by atoms with Crippen molar-refractivity contribution in [1.82, 2.24) is 15.2 Å². The average Bonchev–Trinajstić information content (AvgIpc) is 3.34. The van der Waals surface area contributed by atoms with Crippen molar-refractivity contribution < 1.29 is 22.7 Å². The number of sulfonamides is 1. The maximum absolute atomic E-state index is 12.5. The lowest BCUT2D eigenvalue weighted by Crippen LogP contribution is -2.41. The van der Waals surface area contributed by atoms with E-state index in [2.05, 4.69) is 17.8 Å². The van der Waals surface area contributed by atoms with Gasteiger partial charge in [-0.1, -0.05) is 13.3 Å². The SMILES string of the molecule is CCCCOc1ccc(C(=O)NNC(=O)c2ccc(S(=O)(=O)N3CCCC3)cc2)cc1. The van der Waals surface area contributed by atoms with Crippen molar-refractivity contribution in [3.63, 3.8) is 0 Å². The van der Waals surface area contributed by atoms with Crippen LogP contribution in [0.4, 0.5) is 0 Å². The summed E-state index contributed by atoms with van der Waals surface area (Å²) in [6.07, 6.45) is 3.71. The molecule has 0 spiro atoms. The molecule has 0 saturated carbocycles. The summed E-state index contributed by atoms with van der Waals surface area (Å²) >= 11 is 0. The van der Waals surface area contributed by atoms with E-state index in [1.54, 1.807) is 24.3 Å². The molecule has 2 aromatic carbocycles. The zero-order chi connectivity index (χ0) is 22.3. The first kappa shape index (κ1) is 22.8. The third kappa shape index (κ3) is 5.83. The number of benzene rings is 2. The second-order valence-corrected chi connectivity index (χ2v) is 9.21. The monoisotopic (exact) mass is 445 g/mol. The summed E-state index contributed by atoms with van der Waals surface area (Å²) in [5, 5.41) is 0. The van der Waals surface area contributed by atoms with E-state index in [1.165, 1.54) is 28.6 Å². The van der Waals surface area contributed by atoms with Crippen LogP contribution in [-0.2, 0) is 10.0 Å². The highest BCUT2D eigenvalue weighted by atomic mass is 32.2. The third-order valence-corrected chi connectivity index (χ3v) is 6.90. The molecule has 1 aliphatic heterocycles. The number of hydrogen-bond donors (Lipinski definition) is 2. The summed E-state index contributed by atoms with van der Waals surface area (Å²) < 4.78 is 32.1. The Bertz CT molecular complexity index is 998. The van der Waals surface area contributed by atoms with E-state index in [-0.39, 0.29) is 10.5 Å². The Morgan fingerprint density at radius 2 is 1.42 bits per heavy atom. The van der Waals surface area contributed by atoms with Crippen LogP contribution in [0.25, 0.3) is 0 Å². The quantitative estimate of drug-likeness (QED) is 0.480. The number of carbonyl (C=O) groups excluding carboxylic acids is 2. The molecular weight excluding hydrogens is 418 g/mol. The molecule has 0 bridgehead atoms. The van der Waals surface area contributed by atoms with Crippen molar-refractivity contribution in [2.45, 2.75) is 37.5 Å². The average molecular weight is 446 g/mol. The molecule has 8 nitrogen and oxygen atoms in total. The zero-order valence-corrected chi connectivity index (χ0v) is 18.3. The Balaban J connectivity index is 1.53. The molecule has 1 saturated heterocycles. The molecule has 0 unspecified atom stereocenters. The van der Waals surface area contributed by atoms with E-state index in [1.807, 2.05) is 0 Å². The van der Waals surface area contributed by atoms with Gasteiger partial charge < -0.3 is 4.74 Å². The standard InChI is InChI=1S/C22H27N3O5S/c1-2-3-16-30-19-10-6-17(7-11-19)21(26)23-24-22(27)18-8-12-20(13-9-18)31(28,29)25-14-4-5-15-25/h6-13H,2-5,14-16H2,1H3,(H,23,26)(H,24,27). The minimum Gasteiger partial charge on any atom is -0.494 e. The van der Waals surface area contributed by atoms with Crippen LogP contribution in [0, 0.1) is 0 Å². The van der Waals surface area contributed by atoms with Crippen LogP contribution in [-0.4, -0.2) is 44.2 Å². The van der Waals surface area contributed by atoms with Gasteiger partial charge in [0, 0.05) is 24.2 Å². The van der Waals surface area contributed by atoms with Gasteiger partial charge in [0.15, 0.2) is 0 Å². The second kappa shape index (κ2) is 10.4. The first-order valence-corrected chi connectivity index (χ1v) is 11.8. The minimum absolute atomic E-state index is 0.149. The molecule has 166 valence electrons. The molecule has 1 heterocycles. The van der Waals surface area contributed by atoms with Crippen LogP contribution >= 0.6 is 0 Å². The molecule has 1 fully saturated rings. The lowest BCUT2D eigenvalue weighted by molar-refractivity contribution is 0.0846. The van der Waals surface area contributed by atoms with Gasteiger partial charge in [-0.25, -0.2) is 8.42 Å². The lowest BCUT2D eigenvalue weighted by Gasteiger charge is -2.15. The predicted octanol–water partition coefficient (Wildman–Crippen LogP) is 2.72. The Morgan fingerprint density at radius 3 is 1.94 bits per heavy atom.